The Morgan fingerprint density at radius 1 is 0.262 bits per heavy atom. The molecule has 8 bridgehead atoms. The van der Waals surface area contributed by atoms with Crippen molar-refractivity contribution in [1.82, 2.24) is 29.9 Å². The second-order valence-corrected chi connectivity index (χ2v) is 29.7. The molecule has 0 saturated carbocycles. The molecule has 4 aromatic carbocycles. The molecule has 11 rings (SSSR count). The van der Waals surface area contributed by atoms with Crippen molar-refractivity contribution in [2.75, 3.05) is 0 Å². The Morgan fingerprint density at radius 2 is 0.548 bits per heavy atom. The number of nitrogens with one attached hydrogen (secondary N) is 4. The van der Waals surface area contributed by atoms with Crippen molar-refractivity contribution in [1.29, 1.82) is 0 Å². The summed E-state index contributed by atoms with van der Waals surface area (Å²) in [6.07, 6.45) is 3.81. The molecular weight excluding hydrogens is 1020 g/mol. The van der Waals surface area contributed by atoms with Crippen LogP contribution in [0.5, 0.6) is 0 Å². The summed E-state index contributed by atoms with van der Waals surface area (Å²) in [5, 5.41) is 0. The Labute approximate surface area is 501 Å². The molecule has 6 heteroatoms. The fourth-order valence-electron chi connectivity index (χ4n) is 11.7. The molecule has 424 valence electrons. The van der Waals surface area contributed by atoms with Crippen LogP contribution in [0, 0.1) is 23.7 Å². The number of H-pyrrole nitrogens is 4. The number of hydrogen-bond acceptors (Lipinski definition) is 2. The van der Waals surface area contributed by atoms with Crippen LogP contribution in [-0.4, -0.2) is 29.9 Å². The van der Waals surface area contributed by atoms with E-state index in [2.05, 4.69) is 290 Å². The first kappa shape index (κ1) is 57.6. The number of nitrogens with zero attached hydrogens (tertiary/aromatic N) is 2. The van der Waals surface area contributed by atoms with Gasteiger partial charge in [-0.3, -0.25) is 0 Å². The Hall–Kier alpha value is -8.22. The second-order valence-electron chi connectivity index (χ2n) is 29.7. The average Bonchev–Trinajstić information content (AvgIpc) is 1.68. The summed E-state index contributed by atoms with van der Waals surface area (Å²) < 4.78 is 0. The van der Waals surface area contributed by atoms with Crippen molar-refractivity contribution in [2.24, 2.45) is 0 Å². The molecule has 0 spiro atoms. The Morgan fingerprint density at radius 3 is 0.821 bits per heavy atom. The maximum Gasteiger partial charge on any atom is 0.136 e. The van der Waals surface area contributed by atoms with Crippen LogP contribution < -0.4 is 0 Å². The van der Waals surface area contributed by atoms with E-state index in [1.54, 1.807) is 0 Å². The predicted molar refractivity (Wildman–Crippen MR) is 350 cm³/mol. The van der Waals surface area contributed by atoms with Gasteiger partial charge < -0.3 is 19.9 Å². The molecule has 4 N–H and O–H groups in total. The molecule has 0 unspecified atom stereocenters. The summed E-state index contributed by atoms with van der Waals surface area (Å²) in [4.78, 5) is 27.2. The summed E-state index contributed by atoms with van der Waals surface area (Å²) in [5.74, 6) is 4.22. The summed E-state index contributed by atoms with van der Waals surface area (Å²) >= 11 is 0. The Balaban J connectivity index is 1.31. The standard InChI is InChI=1S/C78H86N6/c1-73(2,3)51-36-48(37-52(42-51)74(4,5)6)67-61-30-32-63(81-61)68(49-38-53(75(7,8)9)43-54(39-49)76(10,11)12)65-45-57(59-28-22-24-34-79-59)71(83-65)70(47-26-20-19-21-27-47)72-58(60-29-23-25-35-80-60)46-66(84-72)69(64-33-31-62(67)82-64)50-40-55(77(13,14)15)44-56(41-50)78(16,17)18/h19-46,81-84H,1-18H3/q+4. The van der Waals surface area contributed by atoms with Gasteiger partial charge in [-0.2, -0.15) is 0 Å². The van der Waals surface area contributed by atoms with Crippen LogP contribution in [0.2, 0.25) is 0 Å². The highest BCUT2D eigenvalue weighted by molar-refractivity contribution is 5.80. The van der Waals surface area contributed by atoms with Gasteiger partial charge in [0.15, 0.2) is 0 Å². The van der Waals surface area contributed by atoms with Crippen molar-refractivity contribution in [3.05, 3.63) is 295 Å². The van der Waals surface area contributed by atoms with E-state index in [1.807, 2.05) is 24.5 Å². The van der Waals surface area contributed by atoms with Gasteiger partial charge in [0.2, 0.25) is 0 Å². The number of benzene rings is 4. The van der Waals surface area contributed by atoms with Crippen molar-refractivity contribution in [3.63, 3.8) is 0 Å². The van der Waals surface area contributed by atoms with Gasteiger partial charge in [-0.05, 0) is 127 Å². The van der Waals surface area contributed by atoms with Gasteiger partial charge >= 0.3 is 0 Å². The quantitative estimate of drug-likeness (QED) is 0.125. The molecule has 6 aromatic heterocycles. The summed E-state index contributed by atoms with van der Waals surface area (Å²) in [6.45, 7) is 41.8. The van der Waals surface area contributed by atoms with Crippen molar-refractivity contribution < 1.29 is 0 Å². The van der Waals surface area contributed by atoms with Crippen molar-refractivity contribution >= 4 is 0 Å². The van der Waals surface area contributed by atoms with E-state index in [0.717, 1.165) is 114 Å². The van der Waals surface area contributed by atoms with Crippen LogP contribution in [0.25, 0.3) is 22.5 Å². The Kier molecular flexibility index (Phi) is 14.3. The maximum atomic E-state index is 5.15. The lowest BCUT2D eigenvalue weighted by molar-refractivity contribution is 0.567. The first-order valence-corrected chi connectivity index (χ1v) is 30.1. The van der Waals surface area contributed by atoms with Crippen molar-refractivity contribution in [3.8, 4) is 22.5 Å². The first-order chi connectivity index (χ1) is 39.4. The van der Waals surface area contributed by atoms with Gasteiger partial charge in [0.25, 0.3) is 0 Å². The summed E-state index contributed by atoms with van der Waals surface area (Å²) in [5.41, 5.74) is 22.9. The third-order valence-electron chi connectivity index (χ3n) is 16.9. The van der Waals surface area contributed by atoms with E-state index < -0.39 is 0 Å². The van der Waals surface area contributed by atoms with E-state index in [9.17, 15) is 0 Å². The van der Waals surface area contributed by atoms with Crippen LogP contribution >= 0.6 is 0 Å². The summed E-state index contributed by atoms with van der Waals surface area (Å²) in [7, 11) is 0. The molecule has 0 atom stereocenters. The number of aromatic amines is 4. The minimum absolute atomic E-state index is 0.118. The van der Waals surface area contributed by atoms with Gasteiger partial charge in [0.1, 0.15) is 91.7 Å². The highest BCUT2D eigenvalue weighted by atomic mass is 14.9. The molecule has 10 aromatic rings. The summed E-state index contributed by atoms with van der Waals surface area (Å²) in [6, 6.07) is 59.0. The monoisotopic (exact) mass is 1110 g/mol. The van der Waals surface area contributed by atoms with Crippen LogP contribution in [-0.2, 0) is 32.5 Å². The van der Waals surface area contributed by atoms with E-state index in [1.165, 1.54) is 33.4 Å². The topological polar surface area (TPSA) is 88.9 Å². The molecule has 84 heavy (non-hydrogen) atoms. The zero-order chi connectivity index (χ0) is 60.1. The largest absolute Gasteiger partial charge is 0.327 e. The van der Waals surface area contributed by atoms with Gasteiger partial charge in [-0.15, -0.1) is 0 Å². The minimum atomic E-state index is -0.134. The molecule has 0 saturated heterocycles. The number of rotatable bonds is 6. The van der Waals surface area contributed by atoms with Gasteiger partial charge in [-0.25, -0.2) is 9.97 Å². The fourth-order valence-corrected chi connectivity index (χ4v) is 11.7. The molecular formula is C78H86N6+4. The molecule has 0 fully saturated rings. The van der Waals surface area contributed by atoms with Crippen LogP contribution in [0.1, 0.15) is 226 Å². The lowest BCUT2D eigenvalue weighted by atomic mass is 9.77. The fraction of sp³-hybridized carbons (Fsp3) is 0.308. The molecule has 7 heterocycles. The van der Waals surface area contributed by atoms with E-state index in [0.29, 0.717) is 0 Å². The van der Waals surface area contributed by atoms with Crippen molar-refractivity contribution in [2.45, 2.75) is 157 Å². The average molecular weight is 1110 g/mol. The second kappa shape index (κ2) is 20.8. The number of aromatic nitrogens is 6. The maximum absolute atomic E-state index is 5.15. The van der Waals surface area contributed by atoms with Crippen LogP contribution in [0.3, 0.4) is 0 Å². The zero-order valence-electron chi connectivity index (χ0n) is 53.1. The lowest BCUT2D eigenvalue weighted by Crippen LogP contribution is -2.19. The molecule has 0 aliphatic carbocycles. The molecule has 1 aliphatic rings. The van der Waals surface area contributed by atoms with Crippen LogP contribution in [0.15, 0.2) is 170 Å². The lowest BCUT2D eigenvalue weighted by Gasteiger charge is -2.25. The van der Waals surface area contributed by atoms with Gasteiger partial charge in [-0.1, -0.05) is 137 Å². The highest BCUT2D eigenvalue weighted by Crippen LogP contribution is 2.48. The normalized spacial score (nSPS) is 13.7. The van der Waals surface area contributed by atoms with E-state index in [-0.39, 0.29) is 32.5 Å². The molecule has 0 amide bonds. The highest BCUT2D eigenvalue weighted by Gasteiger charge is 2.43. The zero-order valence-corrected chi connectivity index (χ0v) is 53.1. The number of hydrogen-bond donors (Lipinski definition) is 4. The molecule has 0 radical (unpaired) electrons. The number of pyridine rings is 2. The Bertz CT molecular complexity index is 3670. The van der Waals surface area contributed by atoms with Gasteiger partial charge in [0.05, 0.1) is 58.7 Å². The first-order valence-electron chi connectivity index (χ1n) is 30.1. The van der Waals surface area contributed by atoms with Gasteiger partial charge in [0, 0.05) is 60.9 Å². The predicted octanol–water partition coefficient (Wildman–Crippen LogP) is 19.3. The van der Waals surface area contributed by atoms with E-state index >= 15 is 0 Å². The third-order valence-corrected chi connectivity index (χ3v) is 16.9. The third kappa shape index (κ3) is 11.3. The smallest absolute Gasteiger partial charge is 0.136 e. The number of fused-ring (bicyclic) bond motifs is 8. The minimum Gasteiger partial charge on any atom is -0.327 e. The molecule has 6 nitrogen and oxygen atoms in total. The SMILES string of the molecule is CC(C)(C)c1cc([C+]2c3ccc([nH]3)[C+](c3cc(C(C)(C)C)cc(C(C)(C)C)c3)c3cc(-c4ccccn4)c([nH]3)[C+](c3ccccc3)c3[nH]c(cc3-c3ccccn3)[C+](c3cc(C(C)(C)C)cc(C(C)(C)C)c3)c3ccc2[nH]3)cc(C(C)(C)C)c1. The van der Waals surface area contributed by atoms with Crippen LogP contribution in [0.4, 0.5) is 0 Å². The molecule has 1 aliphatic heterocycles. The van der Waals surface area contributed by atoms with E-state index in [4.69, 9.17) is 9.97 Å².